The van der Waals surface area contributed by atoms with Crippen LogP contribution < -0.4 is 15.8 Å². The summed E-state index contributed by atoms with van der Waals surface area (Å²) >= 11 is 0. The lowest BCUT2D eigenvalue weighted by Gasteiger charge is -2.15. The Balaban J connectivity index is 1.84. The van der Waals surface area contributed by atoms with Gasteiger partial charge in [-0.25, -0.2) is 5.48 Å². The number of nitrogens with zero attached hydrogens (tertiary/aromatic N) is 1. The quantitative estimate of drug-likeness (QED) is 0.339. The molecule has 0 aliphatic rings. The summed E-state index contributed by atoms with van der Waals surface area (Å²) in [6, 6.07) is 6.50. The molecule has 170 valence electrons. The van der Waals surface area contributed by atoms with Gasteiger partial charge < -0.3 is 9.30 Å². The van der Waals surface area contributed by atoms with Crippen molar-refractivity contribution in [1.82, 2.24) is 10.0 Å². The van der Waals surface area contributed by atoms with E-state index in [1.54, 1.807) is 0 Å². The van der Waals surface area contributed by atoms with Crippen LogP contribution in [0.3, 0.4) is 0 Å². The summed E-state index contributed by atoms with van der Waals surface area (Å²) in [5.74, 6) is -1.49. The third kappa shape index (κ3) is 5.02. The molecule has 3 aromatic rings. The average molecular weight is 460 g/mol. The molecular formula is C20H14F6N2O4. The van der Waals surface area contributed by atoms with Gasteiger partial charge in [0.25, 0.3) is 11.5 Å². The first-order chi connectivity index (χ1) is 14.9. The summed E-state index contributed by atoms with van der Waals surface area (Å²) in [6.07, 6.45) is -8.65. The van der Waals surface area contributed by atoms with E-state index in [0.717, 1.165) is 4.57 Å². The Kier molecular flexibility index (Phi) is 6.17. The molecule has 0 aliphatic carbocycles. The molecule has 0 fully saturated rings. The number of hydrogen-bond acceptors (Lipinski definition) is 4. The van der Waals surface area contributed by atoms with Crippen LogP contribution >= 0.6 is 0 Å². The van der Waals surface area contributed by atoms with Gasteiger partial charge in [-0.2, -0.15) is 26.3 Å². The molecule has 0 bridgehead atoms. The lowest BCUT2D eigenvalue weighted by Crippen LogP contribution is -2.24. The molecule has 0 atom stereocenters. The van der Waals surface area contributed by atoms with E-state index in [9.17, 15) is 35.9 Å². The summed E-state index contributed by atoms with van der Waals surface area (Å²) in [5.41, 5.74) is -2.15. The third-order valence-corrected chi connectivity index (χ3v) is 4.50. The van der Waals surface area contributed by atoms with E-state index in [-0.39, 0.29) is 23.6 Å². The van der Waals surface area contributed by atoms with Gasteiger partial charge in [-0.3, -0.25) is 14.8 Å². The number of pyridine rings is 1. The minimum absolute atomic E-state index is 0.00902. The van der Waals surface area contributed by atoms with Gasteiger partial charge in [0.2, 0.25) is 0 Å². The fraction of sp³-hybridized carbons (Fsp3) is 0.200. The molecule has 0 spiro atoms. The van der Waals surface area contributed by atoms with Crippen molar-refractivity contribution in [2.75, 3.05) is 6.61 Å². The number of hydroxylamine groups is 1. The van der Waals surface area contributed by atoms with Crippen molar-refractivity contribution in [2.24, 2.45) is 0 Å². The molecule has 12 heteroatoms. The van der Waals surface area contributed by atoms with Crippen LogP contribution in [0.5, 0.6) is 5.75 Å². The topological polar surface area (TPSA) is 80.6 Å². The number of carbonyl (C=O) groups is 1. The maximum Gasteiger partial charge on any atom is 0.416 e. The molecule has 1 aromatic heterocycles. The molecule has 0 radical (unpaired) electrons. The zero-order valence-electron chi connectivity index (χ0n) is 15.9. The highest BCUT2D eigenvalue weighted by molar-refractivity contribution is 5.97. The number of benzene rings is 2. The predicted molar refractivity (Wildman–Crippen MR) is 99.4 cm³/mol. The van der Waals surface area contributed by atoms with E-state index in [1.807, 2.05) is 0 Å². The van der Waals surface area contributed by atoms with Gasteiger partial charge in [-0.1, -0.05) is 6.07 Å². The molecular weight excluding hydrogens is 446 g/mol. The zero-order valence-corrected chi connectivity index (χ0v) is 15.9. The van der Waals surface area contributed by atoms with Crippen LogP contribution in [-0.4, -0.2) is 22.3 Å². The number of aromatic nitrogens is 1. The molecule has 1 heterocycles. The highest BCUT2D eigenvalue weighted by Crippen LogP contribution is 2.38. The molecule has 0 aliphatic heterocycles. The zero-order chi connectivity index (χ0) is 23.7. The Labute approximate surface area is 175 Å². The van der Waals surface area contributed by atoms with E-state index >= 15 is 0 Å². The maximum absolute atomic E-state index is 12.9. The number of hydrogen-bond donors (Lipinski definition) is 2. The van der Waals surface area contributed by atoms with E-state index in [1.165, 1.54) is 35.9 Å². The summed E-state index contributed by atoms with van der Waals surface area (Å²) in [7, 11) is 0. The number of nitrogens with one attached hydrogen (secondary N) is 1. The van der Waals surface area contributed by atoms with Crippen molar-refractivity contribution in [2.45, 2.75) is 18.9 Å². The fourth-order valence-electron chi connectivity index (χ4n) is 2.93. The average Bonchev–Trinajstić information content (AvgIpc) is 2.73. The maximum atomic E-state index is 12.9. The molecule has 2 aromatic carbocycles. The number of amides is 1. The van der Waals surface area contributed by atoms with E-state index in [4.69, 9.17) is 9.94 Å². The smallest absolute Gasteiger partial charge is 0.416 e. The van der Waals surface area contributed by atoms with Gasteiger partial charge in [-0.15, -0.1) is 0 Å². The second-order valence-electron chi connectivity index (χ2n) is 6.65. The highest BCUT2D eigenvalue weighted by atomic mass is 19.4. The molecule has 32 heavy (non-hydrogen) atoms. The molecule has 1 amide bonds. The highest BCUT2D eigenvalue weighted by Gasteiger charge is 2.37. The molecule has 0 saturated heterocycles. The number of rotatable bonds is 5. The Morgan fingerprint density at radius 1 is 0.969 bits per heavy atom. The Hall–Kier alpha value is -3.54. The van der Waals surface area contributed by atoms with Crippen LogP contribution in [0.1, 0.15) is 21.5 Å². The van der Waals surface area contributed by atoms with Crippen LogP contribution in [0.2, 0.25) is 0 Å². The Morgan fingerprint density at radius 2 is 1.59 bits per heavy atom. The van der Waals surface area contributed by atoms with Crippen molar-refractivity contribution >= 4 is 16.7 Å². The predicted octanol–water partition coefficient (Wildman–Crippen LogP) is 4.24. The molecule has 0 unspecified atom stereocenters. The summed E-state index contributed by atoms with van der Waals surface area (Å²) in [5, 5.41) is 9.31. The van der Waals surface area contributed by atoms with Crippen molar-refractivity contribution in [3.63, 3.8) is 0 Å². The first kappa shape index (κ1) is 23.1. The van der Waals surface area contributed by atoms with Crippen molar-refractivity contribution in [3.05, 3.63) is 75.7 Å². The van der Waals surface area contributed by atoms with Crippen molar-refractivity contribution < 1.29 is 41.1 Å². The largest absolute Gasteiger partial charge is 0.492 e. The molecule has 3 rings (SSSR count). The SMILES string of the molecule is O=C(NO)c1ccc2ccn(CCOc3cc(C(F)(F)F)cc(C(F)(F)F)c3)c(=O)c2c1. The first-order valence-electron chi connectivity index (χ1n) is 8.90. The minimum Gasteiger partial charge on any atom is -0.492 e. The normalized spacial score (nSPS) is 12.1. The lowest BCUT2D eigenvalue weighted by molar-refractivity contribution is -0.143. The van der Waals surface area contributed by atoms with E-state index in [2.05, 4.69) is 0 Å². The van der Waals surface area contributed by atoms with Gasteiger partial charge in [0.05, 0.1) is 17.7 Å². The molecule has 0 saturated carbocycles. The van der Waals surface area contributed by atoms with E-state index in [0.29, 0.717) is 17.5 Å². The van der Waals surface area contributed by atoms with Crippen molar-refractivity contribution in [3.8, 4) is 5.75 Å². The van der Waals surface area contributed by atoms with Crippen LogP contribution in [0.4, 0.5) is 26.3 Å². The number of fused-ring (bicyclic) bond motifs is 1. The summed E-state index contributed by atoms with van der Waals surface area (Å²) in [4.78, 5) is 24.1. The standard InChI is InChI=1S/C20H14F6N2O4/c21-19(22,23)13-8-14(20(24,25)26)10-15(9-13)32-6-5-28-4-3-11-1-2-12(17(29)27-31)7-16(11)18(28)30/h1-4,7-10,31H,5-6H2,(H,27,29). The number of halogens is 6. The summed E-state index contributed by atoms with van der Waals surface area (Å²) in [6.45, 7) is -0.594. The van der Waals surface area contributed by atoms with Crippen LogP contribution in [0.15, 0.2) is 53.5 Å². The first-order valence-corrected chi connectivity index (χ1v) is 8.90. The molecule has 2 N–H and O–H groups in total. The van der Waals surface area contributed by atoms with Gasteiger partial charge >= 0.3 is 12.4 Å². The van der Waals surface area contributed by atoms with Gasteiger partial charge in [0.1, 0.15) is 12.4 Å². The third-order valence-electron chi connectivity index (χ3n) is 4.50. The summed E-state index contributed by atoms with van der Waals surface area (Å²) < 4.78 is 83.8. The van der Waals surface area contributed by atoms with Crippen LogP contribution in [-0.2, 0) is 18.9 Å². The lowest BCUT2D eigenvalue weighted by atomic mass is 10.1. The second kappa shape index (κ2) is 8.54. The van der Waals surface area contributed by atoms with Crippen LogP contribution in [0, 0.1) is 0 Å². The Bertz CT molecular complexity index is 1190. The number of ether oxygens (including phenoxy) is 1. The van der Waals surface area contributed by atoms with Crippen LogP contribution in [0.25, 0.3) is 10.8 Å². The van der Waals surface area contributed by atoms with Gasteiger partial charge in [-0.05, 0) is 41.8 Å². The van der Waals surface area contributed by atoms with Gasteiger partial charge in [0.15, 0.2) is 0 Å². The van der Waals surface area contributed by atoms with Gasteiger partial charge in [0, 0.05) is 17.1 Å². The number of alkyl halides is 6. The fourth-order valence-corrected chi connectivity index (χ4v) is 2.93. The number of carbonyl (C=O) groups excluding carboxylic acids is 1. The van der Waals surface area contributed by atoms with E-state index < -0.39 is 47.3 Å². The van der Waals surface area contributed by atoms with Crippen molar-refractivity contribution in [1.29, 1.82) is 0 Å². The second-order valence-corrected chi connectivity index (χ2v) is 6.65. The Morgan fingerprint density at radius 3 is 2.16 bits per heavy atom. The monoisotopic (exact) mass is 460 g/mol. The molecule has 6 nitrogen and oxygen atoms in total. The minimum atomic E-state index is -5.01.